The highest BCUT2D eigenvalue weighted by Crippen LogP contribution is 2.44. The molecular weight excluding hydrogens is 354 g/mol. The molecule has 3 atom stereocenters. The number of phenols is 1. The van der Waals surface area contributed by atoms with Gasteiger partial charge in [-0.2, -0.15) is 0 Å². The third-order valence-corrected chi connectivity index (χ3v) is 5.29. The number of hydrogen-bond acceptors (Lipinski definition) is 4. The fourth-order valence-electron chi connectivity index (χ4n) is 3.96. The molecule has 0 radical (unpaired) electrons. The standard InChI is InChI=1S/C23H27NO4/c1-15(2)13-20(23(27)28-3)24-21(17-9-11-18(25)12-10-17)19(22(24)26)14-16-7-5-4-6-8-16/h4-12,15,19-21,25H,13-14H2,1-3H3. The van der Waals surface area contributed by atoms with E-state index in [1.165, 1.54) is 7.11 Å². The molecule has 0 aliphatic carbocycles. The summed E-state index contributed by atoms with van der Waals surface area (Å²) in [6.45, 7) is 4.05. The number of amides is 1. The number of rotatable bonds is 7. The van der Waals surface area contributed by atoms with E-state index in [2.05, 4.69) is 0 Å². The molecule has 0 aromatic heterocycles. The second kappa shape index (κ2) is 8.46. The van der Waals surface area contributed by atoms with Gasteiger partial charge in [-0.25, -0.2) is 4.79 Å². The zero-order valence-corrected chi connectivity index (χ0v) is 16.5. The molecule has 1 saturated heterocycles. The van der Waals surface area contributed by atoms with Crippen LogP contribution in [-0.4, -0.2) is 35.0 Å². The van der Waals surface area contributed by atoms with Gasteiger partial charge in [0.15, 0.2) is 0 Å². The number of aromatic hydroxyl groups is 1. The highest BCUT2D eigenvalue weighted by molar-refractivity contribution is 5.92. The lowest BCUT2D eigenvalue weighted by atomic mass is 9.76. The molecule has 1 aliphatic rings. The quantitative estimate of drug-likeness (QED) is 0.586. The van der Waals surface area contributed by atoms with Gasteiger partial charge < -0.3 is 14.7 Å². The minimum Gasteiger partial charge on any atom is -0.508 e. The number of esters is 1. The summed E-state index contributed by atoms with van der Waals surface area (Å²) in [5.41, 5.74) is 2.00. The van der Waals surface area contributed by atoms with Crippen LogP contribution in [0.15, 0.2) is 54.6 Å². The van der Waals surface area contributed by atoms with Crippen molar-refractivity contribution in [3.8, 4) is 5.75 Å². The van der Waals surface area contributed by atoms with E-state index in [-0.39, 0.29) is 35.5 Å². The van der Waals surface area contributed by atoms with Gasteiger partial charge in [0.2, 0.25) is 5.91 Å². The fourth-order valence-corrected chi connectivity index (χ4v) is 3.96. The van der Waals surface area contributed by atoms with Crippen LogP contribution in [0.4, 0.5) is 0 Å². The summed E-state index contributed by atoms with van der Waals surface area (Å²) in [4.78, 5) is 27.3. The fraction of sp³-hybridized carbons (Fsp3) is 0.391. The molecule has 5 nitrogen and oxygen atoms in total. The van der Waals surface area contributed by atoms with Gasteiger partial charge in [-0.1, -0.05) is 56.3 Å². The summed E-state index contributed by atoms with van der Waals surface area (Å²) >= 11 is 0. The van der Waals surface area contributed by atoms with Crippen molar-refractivity contribution in [3.63, 3.8) is 0 Å². The molecule has 2 aromatic rings. The second-order valence-corrected chi connectivity index (χ2v) is 7.75. The first-order chi connectivity index (χ1) is 13.4. The molecule has 1 amide bonds. The van der Waals surface area contributed by atoms with E-state index in [0.29, 0.717) is 12.8 Å². The number of methoxy groups -OCH3 is 1. The van der Waals surface area contributed by atoms with Crippen molar-refractivity contribution in [2.75, 3.05) is 7.11 Å². The molecule has 1 heterocycles. The van der Waals surface area contributed by atoms with Gasteiger partial charge in [0, 0.05) is 0 Å². The molecule has 3 rings (SSSR count). The number of phenolic OH excluding ortho intramolecular Hbond substituents is 1. The third-order valence-electron chi connectivity index (χ3n) is 5.29. The molecule has 28 heavy (non-hydrogen) atoms. The number of β-lactam (4-membered cyclic amide) rings is 1. The van der Waals surface area contributed by atoms with Crippen LogP contribution in [-0.2, 0) is 20.7 Å². The number of carbonyl (C=O) groups is 2. The monoisotopic (exact) mass is 381 g/mol. The van der Waals surface area contributed by atoms with Gasteiger partial charge in [-0.3, -0.25) is 4.79 Å². The van der Waals surface area contributed by atoms with Gasteiger partial charge in [0.05, 0.1) is 19.1 Å². The largest absolute Gasteiger partial charge is 0.508 e. The van der Waals surface area contributed by atoms with E-state index in [1.807, 2.05) is 56.3 Å². The predicted molar refractivity (Wildman–Crippen MR) is 107 cm³/mol. The molecule has 1 aliphatic heterocycles. The zero-order valence-electron chi connectivity index (χ0n) is 16.5. The van der Waals surface area contributed by atoms with Crippen molar-refractivity contribution in [3.05, 3.63) is 65.7 Å². The van der Waals surface area contributed by atoms with Crippen LogP contribution >= 0.6 is 0 Å². The van der Waals surface area contributed by atoms with Crippen molar-refractivity contribution in [1.29, 1.82) is 0 Å². The van der Waals surface area contributed by atoms with Crippen LogP contribution in [0.3, 0.4) is 0 Å². The Morgan fingerprint density at radius 2 is 1.75 bits per heavy atom. The van der Waals surface area contributed by atoms with Crippen LogP contribution in [0.25, 0.3) is 0 Å². The number of carbonyl (C=O) groups excluding carboxylic acids is 2. The Bertz CT molecular complexity index is 816. The number of likely N-dealkylation sites (tertiary alicyclic amines) is 1. The molecule has 3 unspecified atom stereocenters. The average Bonchev–Trinajstić information content (AvgIpc) is 2.69. The van der Waals surface area contributed by atoms with Crippen molar-refractivity contribution in [2.24, 2.45) is 11.8 Å². The van der Waals surface area contributed by atoms with Gasteiger partial charge in [-0.05, 0) is 42.0 Å². The molecule has 0 spiro atoms. The minimum atomic E-state index is -0.608. The van der Waals surface area contributed by atoms with E-state index in [1.54, 1.807) is 17.0 Å². The van der Waals surface area contributed by atoms with Crippen LogP contribution in [0.5, 0.6) is 5.75 Å². The van der Waals surface area contributed by atoms with Crippen LogP contribution in [0, 0.1) is 11.8 Å². The normalized spacial score (nSPS) is 20.0. The predicted octanol–water partition coefficient (Wildman–Crippen LogP) is 3.72. The Hall–Kier alpha value is -2.82. The van der Waals surface area contributed by atoms with E-state index < -0.39 is 6.04 Å². The SMILES string of the molecule is COC(=O)C(CC(C)C)N1C(=O)C(Cc2ccccc2)C1c1ccc(O)cc1. The molecule has 0 bridgehead atoms. The van der Waals surface area contributed by atoms with Gasteiger partial charge in [0.1, 0.15) is 11.8 Å². The molecule has 148 valence electrons. The van der Waals surface area contributed by atoms with Crippen LogP contribution < -0.4 is 0 Å². The van der Waals surface area contributed by atoms with Crippen LogP contribution in [0.2, 0.25) is 0 Å². The zero-order chi connectivity index (χ0) is 20.3. The minimum absolute atomic E-state index is 0.0296. The highest BCUT2D eigenvalue weighted by atomic mass is 16.5. The molecule has 2 aromatic carbocycles. The first-order valence-electron chi connectivity index (χ1n) is 9.65. The highest BCUT2D eigenvalue weighted by Gasteiger charge is 2.52. The molecule has 0 saturated carbocycles. The first-order valence-corrected chi connectivity index (χ1v) is 9.65. The summed E-state index contributed by atoms with van der Waals surface area (Å²) in [6.07, 6.45) is 1.16. The Labute approximate surface area is 165 Å². The van der Waals surface area contributed by atoms with E-state index in [9.17, 15) is 14.7 Å². The summed E-state index contributed by atoms with van der Waals surface area (Å²) in [7, 11) is 1.36. The summed E-state index contributed by atoms with van der Waals surface area (Å²) in [6, 6.07) is 15.9. The van der Waals surface area contributed by atoms with E-state index in [4.69, 9.17) is 4.74 Å². The van der Waals surface area contributed by atoms with Gasteiger partial charge >= 0.3 is 5.97 Å². The van der Waals surface area contributed by atoms with E-state index >= 15 is 0 Å². The Morgan fingerprint density at radius 3 is 2.32 bits per heavy atom. The van der Waals surface area contributed by atoms with Crippen LogP contribution in [0.1, 0.15) is 37.4 Å². The van der Waals surface area contributed by atoms with E-state index in [0.717, 1.165) is 11.1 Å². The maximum Gasteiger partial charge on any atom is 0.328 e. The Kier molecular flexibility index (Phi) is 6.02. The summed E-state index contributed by atoms with van der Waals surface area (Å²) in [5, 5.41) is 9.65. The van der Waals surface area contributed by atoms with Gasteiger partial charge in [0.25, 0.3) is 0 Å². The molecule has 1 N–H and O–H groups in total. The van der Waals surface area contributed by atoms with Crippen molar-refractivity contribution in [2.45, 2.75) is 38.8 Å². The molecule has 1 fully saturated rings. The summed E-state index contributed by atoms with van der Waals surface area (Å²) < 4.78 is 5.00. The Balaban J connectivity index is 1.94. The topological polar surface area (TPSA) is 66.8 Å². The van der Waals surface area contributed by atoms with Crippen molar-refractivity contribution < 1.29 is 19.4 Å². The maximum absolute atomic E-state index is 13.1. The number of nitrogens with zero attached hydrogens (tertiary/aromatic N) is 1. The number of ether oxygens (including phenoxy) is 1. The smallest absolute Gasteiger partial charge is 0.328 e. The first kappa shape index (κ1) is 19.9. The van der Waals surface area contributed by atoms with Crippen molar-refractivity contribution in [1.82, 2.24) is 4.90 Å². The van der Waals surface area contributed by atoms with Crippen molar-refractivity contribution >= 4 is 11.9 Å². The van der Waals surface area contributed by atoms with Gasteiger partial charge in [-0.15, -0.1) is 0 Å². The lowest BCUT2D eigenvalue weighted by molar-refractivity contribution is -0.173. The maximum atomic E-state index is 13.1. The average molecular weight is 381 g/mol. The number of benzene rings is 2. The summed E-state index contributed by atoms with van der Waals surface area (Å²) in [5.74, 6) is -0.244. The lowest BCUT2D eigenvalue weighted by Crippen LogP contribution is -2.62. The Morgan fingerprint density at radius 1 is 1.11 bits per heavy atom. The molecular formula is C23H27NO4. The second-order valence-electron chi connectivity index (χ2n) is 7.75. The number of hydrogen-bond donors (Lipinski definition) is 1. The molecule has 5 heteroatoms. The lowest BCUT2D eigenvalue weighted by Gasteiger charge is -2.51. The third kappa shape index (κ3) is 4.03.